The molecule has 120 valence electrons. The summed E-state index contributed by atoms with van der Waals surface area (Å²) < 4.78 is 28.4. The van der Waals surface area contributed by atoms with Gasteiger partial charge < -0.3 is 4.74 Å². The Morgan fingerprint density at radius 3 is 2.57 bits per heavy atom. The number of nitro benzene ring substituents is 1. The van der Waals surface area contributed by atoms with E-state index in [2.05, 4.69) is 15.3 Å². The summed E-state index contributed by atoms with van der Waals surface area (Å²) in [5.41, 5.74) is 4.42. The van der Waals surface area contributed by atoms with Crippen LogP contribution in [-0.4, -0.2) is 17.2 Å². The molecule has 0 unspecified atom stereocenters. The van der Waals surface area contributed by atoms with Crippen LogP contribution in [0.2, 0.25) is 0 Å². The van der Waals surface area contributed by atoms with Gasteiger partial charge in [0.2, 0.25) is 0 Å². The second-order valence-corrected chi connectivity index (χ2v) is 4.52. The fraction of sp³-hybridized carbons (Fsp3) is 0.133. The minimum Gasteiger partial charge on any atom is -0.435 e. The lowest BCUT2D eigenvalue weighted by molar-refractivity contribution is -0.384. The highest BCUT2D eigenvalue weighted by Crippen LogP contribution is 2.18. The van der Waals surface area contributed by atoms with Crippen LogP contribution in [0, 0.1) is 10.1 Å². The van der Waals surface area contributed by atoms with Crippen molar-refractivity contribution in [2.24, 2.45) is 5.10 Å². The maximum Gasteiger partial charge on any atom is 0.387 e. The van der Waals surface area contributed by atoms with Gasteiger partial charge in [0, 0.05) is 12.1 Å². The van der Waals surface area contributed by atoms with Crippen molar-refractivity contribution in [3.8, 4) is 5.75 Å². The second kappa shape index (κ2) is 7.30. The average molecular weight is 321 g/mol. The smallest absolute Gasteiger partial charge is 0.387 e. The number of rotatable bonds is 6. The van der Waals surface area contributed by atoms with Gasteiger partial charge in [0.05, 0.1) is 16.3 Å². The van der Waals surface area contributed by atoms with Gasteiger partial charge in [-0.25, -0.2) is 0 Å². The SMILES string of the molecule is C/C(=N/Nc1cccc([N+](=O)[O-])c1)c1ccc(OC(F)F)cc1. The van der Waals surface area contributed by atoms with Crippen LogP contribution in [0.3, 0.4) is 0 Å². The van der Waals surface area contributed by atoms with E-state index in [0.29, 0.717) is 17.0 Å². The standard InChI is InChI=1S/C15H13F2N3O3/c1-10(11-5-7-14(8-6-11)23-15(16)17)18-19-12-3-2-4-13(9-12)20(21)22/h2-9,15,19H,1H3/b18-10-. The van der Waals surface area contributed by atoms with E-state index in [-0.39, 0.29) is 11.4 Å². The van der Waals surface area contributed by atoms with E-state index in [4.69, 9.17) is 0 Å². The van der Waals surface area contributed by atoms with E-state index in [1.54, 1.807) is 31.2 Å². The summed E-state index contributed by atoms with van der Waals surface area (Å²) in [5, 5.41) is 14.8. The number of nitrogens with zero attached hydrogens (tertiary/aromatic N) is 2. The predicted octanol–water partition coefficient (Wildman–Crippen LogP) is 4.03. The minimum absolute atomic E-state index is 0.0450. The monoisotopic (exact) mass is 321 g/mol. The lowest BCUT2D eigenvalue weighted by Crippen LogP contribution is -2.03. The van der Waals surface area contributed by atoms with Gasteiger partial charge in [0.25, 0.3) is 5.69 Å². The Morgan fingerprint density at radius 1 is 1.26 bits per heavy atom. The maximum atomic E-state index is 12.1. The molecule has 8 heteroatoms. The van der Waals surface area contributed by atoms with E-state index in [9.17, 15) is 18.9 Å². The third-order valence-corrected chi connectivity index (χ3v) is 2.91. The first kappa shape index (κ1) is 16.3. The van der Waals surface area contributed by atoms with Crippen LogP contribution in [0.5, 0.6) is 5.75 Å². The van der Waals surface area contributed by atoms with Crippen molar-refractivity contribution < 1.29 is 18.4 Å². The molecule has 0 bridgehead atoms. The van der Waals surface area contributed by atoms with Gasteiger partial charge in [0.1, 0.15) is 5.75 Å². The highest BCUT2D eigenvalue weighted by atomic mass is 19.3. The minimum atomic E-state index is -2.87. The average Bonchev–Trinajstić information content (AvgIpc) is 2.53. The molecule has 0 atom stereocenters. The van der Waals surface area contributed by atoms with Crippen LogP contribution in [0.1, 0.15) is 12.5 Å². The van der Waals surface area contributed by atoms with Crippen LogP contribution in [0.15, 0.2) is 53.6 Å². The fourth-order valence-electron chi connectivity index (χ4n) is 1.78. The zero-order valence-electron chi connectivity index (χ0n) is 12.1. The van der Waals surface area contributed by atoms with Crippen molar-refractivity contribution in [3.05, 3.63) is 64.2 Å². The number of nitro groups is 1. The van der Waals surface area contributed by atoms with Gasteiger partial charge >= 0.3 is 6.61 Å². The quantitative estimate of drug-likeness (QED) is 0.495. The molecule has 2 aromatic carbocycles. The summed E-state index contributed by atoms with van der Waals surface area (Å²) in [4.78, 5) is 10.2. The Kier molecular flexibility index (Phi) is 5.19. The van der Waals surface area contributed by atoms with E-state index in [0.717, 1.165) is 0 Å². The molecule has 0 aromatic heterocycles. The molecule has 0 aliphatic heterocycles. The Bertz CT molecular complexity index is 718. The number of anilines is 1. The number of hydrogen-bond donors (Lipinski definition) is 1. The van der Waals surface area contributed by atoms with E-state index in [1.165, 1.54) is 24.3 Å². The molecule has 0 aliphatic rings. The van der Waals surface area contributed by atoms with Crippen molar-refractivity contribution in [1.29, 1.82) is 0 Å². The third kappa shape index (κ3) is 4.73. The zero-order chi connectivity index (χ0) is 16.8. The summed E-state index contributed by atoms with van der Waals surface area (Å²) in [7, 11) is 0. The van der Waals surface area contributed by atoms with Gasteiger partial charge in [0.15, 0.2) is 0 Å². The summed E-state index contributed by atoms with van der Waals surface area (Å²) in [6, 6.07) is 11.9. The van der Waals surface area contributed by atoms with Gasteiger partial charge in [-0.05, 0) is 42.8 Å². The lowest BCUT2D eigenvalue weighted by atomic mass is 10.1. The number of ether oxygens (including phenoxy) is 1. The largest absolute Gasteiger partial charge is 0.435 e. The topological polar surface area (TPSA) is 76.8 Å². The van der Waals surface area contributed by atoms with Gasteiger partial charge in [-0.15, -0.1) is 0 Å². The summed E-state index contributed by atoms with van der Waals surface area (Å²) in [6.45, 7) is -1.15. The first-order chi connectivity index (χ1) is 11.0. The molecule has 23 heavy (non-hydrogen) atoms. The Balaban J connectivity index is 2.07. The first-order valence-corrected chi connectivity index (χ1v) is 6.55. The number of hydrogen-bond acceptors (Lipinski definition) is 5. The maximum absolute atomic E-state index is 12.1. The first-order valence-electron chi connectivity index (χ1n) is 6.55. The van der Waals surface area contributed by atoms with Crippen molar-refractivity contribution in [2.75, 3.05) is 5.43 Å². The van der Waals surface area contributed by atoms with E-state index >= 15 is 0 Å². The van der Waals surface area contributed by atoms with Crippen molar-refractivity contribution in [1.82, 2.24) is 0 Å². The van der Waals surface area contributed by atoms with Crippen LogP contribution in [-0.2, 0) is 0 Å². The molecule has 0 radical (unpaired) electrons. The zero-order valence-corrected chi connectivity index (χ0v) is 12.1. The number of benzene rings is 2. The number of hydrazone groups is 1. The normalized spacial score (nSPS) is 11.4. The highest BCUT2D eigenvalue weighted by Gasteiger charge is 2.06. The molecular formula is C15H13F2N3O3. The van der Waals surface area contributed by atoms with E-state index < -0.39 is 11.5 Å². The number of non-ortho nitro benzene ring substituents is 1. The van der Waals surface area contributed by atoms with E-state index in [1.807, 2.05) is 0 Å². The summed E-state index contributed by atoms with van der Waals surface area (Å²) >= 11 is 0. The molecule has 0 saturated carbocycles. The molecule has 2 aromatic rings. The van der Waals surface area contributed by atoms with Crippen molar-refractivity contribution in [2.45, 2.75) is 13.5 Å². The van der Waals surface area contributed by atoms with Gasteiger partial charge in [-0.1, -0.05) is 6.07 Å². The fourth-order valence-corrected chi connectivity index (χ4v) is 1.78. The molecule has 6 nitrogen and oxygen atoms in total. The number of halogens is 2. The van der Waals surface area contributed by atoms with Crippen LogP contribution < -0.4 is 10.2 Å². The molecule has 0 heterocycles. The predicted molar refractivity (Wildman–Crippen MR) is 82.0 cm³/mol. The molecule has 1 N–H and O–H groups in total. The molecular weight excluding hydrogens is 308 g/mol. The molecule has 0 amide bonds. The van der Waals surface area contributed by atoms with Crippen LogP contribution in [0.25, 0.3) is 0 Å². The highest BCUT2D eigenvalue weighted by molar-refractivity contribution is 5.99. The van der Waals surface area contributed by atoms with Crippen molar-refractivity contribution >= 4 is 17.1 Å². The number of alkyl halides is 2. The van der Waals surface area contributed by atoms with Crippen LogP contribution >= 0.6 is 0 Å². The van der Waals surface area contributed by atoms with Crippen LogP contribution in [0.4, 0.5) is 20.2 Å². The third-order valence-electron chi connectivity index (χ3n) is 2.91. The van der Waals surface area contributed by atoms with Gasteiger partial charge in [-0.3, -0.25) is 15.5 Å². The molecule has 0 aliphatic carbocycles. The van der Waals surface area contributed by atoms with Gasteiger partial charge in [-0.2, -0.15) is 13.9 Å². The Morgan fingerprint density at radius 2 is 1.96 bits per heavy atom. The summed E-state index contributed by atoms with van der Waals surface area (Å²) in [6.07, 6.45) is 0. The number of nitrogens with one attached hydrogen (secondary N) is 1. The molecule has 2 rings (SSSR count). The van der Waals surface area contributed by atoms with Crippen molar-refractivity contribution in [3.63, 3.8) is 0 Å². The Hall–Kier alpha value is -3.03. The molecule has 0 fully saturated rings. The second-order valence-electron chi connectivity index (χ2n) is 4.52. The molecule has 0 spiro atoms. The lowest BCUT2D eigenvalue weighted by Gasteiger charge is -2.06. The summed E-state index contributed by atoms with van der Waals surface area (Å²) in [5.74, 6) is 0.0585. The molecule has 0 saturated heterocycles. The Labute approximate surface area is 130 Å².